The van der Waals surface area contributed by atoms with E-state index in [9.17, 15) is 9.59 Å². The molecule has 2 aromatic carbocycles. The molecule has 0 aliphatic rings. The molecule has 2 N–H and O–H groups in total. The SMILES string of the molecule is COc1ccc(C(=O)NNC(=O)c2cc3cccc(Br)c3o2)cc1OC. The first-order valence-corrected chi connectivity index (χ1v) is 8.33. The lowest BCUT2D eigenvalue weighted by Gasteiger charge is -2.10. The van der Waals surface area contributed by atoms with Crippen molar-refractivity contribution in [2.24, 2.45) is 0 Å². The van der Waals surface area contributed by atoms with Gasteiger partial charge in [-0.1, -0.05) is 12.1 Å². The van der Waals surface area contributed by atoms with Crippen molar-refractivity contribution in [2.75, 3.05) is 14.2 Å². The number of hydrogen-bond acceptors (Lipinski definition) is 5. The number of benzene rings is 2. The van der Waals surface area contributed by atoms with Crippen molar-refractivity contribution in [1.82, 2.24) is 10.9 Å². The molecule has 8 heteroatoms. The van der Waals surface area contributed by atoms with E-state index < -0.39 is 11.8 Å². The smallest absolute Gasteiger partial charge is 0.305 e. The number of furan rings is 1. The number of hydrazine groups is 1. The third-order valence-corrected chi connectivity index (χ3v) is 4.28. The maximum absolute atomic E-state index is 12.2. The van der Waals surface area contributed by atoms with Gasteiger partial charge < -0.3 is 13.9 Å². The minimum absolute atomic E-state index is 0.0829. The fraction of sp³-hybridized carbons (Fsp3) is 0.111. The molecule has 0 unspecified atom stereocenters. The molecule has 3 rings (SSSR count). The molecule has 1 heterocycles. The largest absolute Gasteiger partial charge is 0.493 e. The molecule has 26 heavy (non-hydrogen) atoms. The van der Waals surface area contributed by atoms with Crippen LogP contribution in [0, 0.1) is 0 Å². The van der Waals surface area contributed by atoms with Crippen LogP contribution < -0.4 is 20.3 Å². The van der Waals surface area contributed by atoms with Gasteiger partial charge in [-0.05, 0) is 46.3 Å². The Balaban J connectivity index is 1.70. The van der Waals surface area contributed by atoms with Gasteiger partial charge >= 0.3 is 5.91 Å². The molecule has 0 radical (unpaired) electrons. The Morgan fingerprint density at radius 2 is 1.69 bits per heavy atom. The Morgan fingerprint density at radius 1 is 0.962 bits per heavy atom. The number of hydrogen-bond donors (Lipinski definition) is 2. The maximum Gasteiger partial charge on any atom is 0.305 e. The van der Waals surface area contributed by atoms with Gasteiger partial charge in [-0.15, -0.1) is 0 Å². The third-order valence-electron chi connectivity index (χ3n) is 3.66. The van der Waals surface area contributed by atoms with Gasteiger partial charge in [0.25, 0.3) is 5.91 Å². The fourth-order valence-corrected chi connectivity index (χ4v) is 2.83. The van der Waals surface area contributed by atoms with Crippen molar-refractivity contribution < 1.29 is 23.5 Å². The zero-order valence-electron chi connectivity index (χ0n) is 14.0. The van der Waals surface area contributed by atoms with Gasteiger partial charge in [0.05, 0.1) is 18.7 Å². The van der Waals surface area contributed by atoms with E-state index in [0.29, 0.717) is 22.6 Å². The summed E-state index contributed by atoms with van der Waals surface area (Å²) < 4.78 is 16.5. The number of fused-ring (bicyclic) bond motifs is 1. The summed E-state index contributed by atoms with van der Waals surface area (Å²) >= 11 is 3.36. The average molecular weight is 419 g/mol. The topological polar surface area (TPSA) is 89.8 Å². The minimum Gasteiger partial charge on any atom is -0.493 e. The van der Waals surface area contributed by atoms with Crippen molar-refractivity contribution in [1.29, 1.82) is 0 Å². The van der Waals surface area contributed by atoms with Crippen molar-refractivity contribution in [2.45, 2.75) is 0 Å². The van der Waals surface area contributed by atoms with Crippen LogP contribution in [0.15, 0.2) is 51.4 Å². The zero-order chi connectivity index (χ0) is 18.7. The van der Waals surface area contributed by atoms with Gasteiger partial charge in [0.2, 0.25) is 0 Å². The molecule has 0 aliphatic carbocycles. The molecule has 0 atom stereocenters. The van der Waals surface area contributed by atoms with Crippen molar-refractivity contribution >= 4 is 38.7 Å². The Labute approximate surface area is 157 Å². The Morgan fingerprint density at radius 3 is 2.38 bits per heavy atom. The van der Waals surface area contributed by atoms with E-state index in [0.717, 1.165) is 9.86 Å². The summed E-state index contributed by atoms with van der Waals surface area (Å²) in [6.07, 6.45) is 0. The lowest BCUT2D eigenvalue weighted by Crippen LogP contribution is -2.41. The molecular formula is C18H15BrN2O5. The first-order valence-electron chi connectivity index (χ1n) is 7.54. The highest BCUT2D eigenvalue weighted by Crippen LogP contribution is 2.28. The van der Waals surface area contributed by atoms with Crippen LogP contribution in [0.2, 0.25) is 0 Å². The highest BCUT2D eigenvalue weighted by atomic mass is 79.9. The number of methoxy groups -OCH3 is 2. The molecule has 0 bridgehead atoms. The van der Waals surface area contributed by atoms with E-state index in [1.54, 1.807) is 18.2 Å². The number of ether oxygens (including phenoxy) is 2. The van der Waals surface area contributed by atoms with Crippen LogP contribution in [0.4, 0.5) is 0 Å². The van der Waals surface area contributed by atoms with E-state index in [2.05, 4.69) is 26.8 Å². The lowest BCUT2D eigenvalue weighted by atomic mass is 10.2. The highest BCUT2D eigenvalue weighted by Gasteiger charge is 2.16. The lowest BCUT2D eigenvalue weighted by molar-refractivity contribution is 0.0832. The van der Waals surface area contributed by atoms with Crippen LogP contribution in [0.3, 0.4) is 0 Å². The second kappa shape index (κ2) is 7.49. The fourth-order valence-electron chi connectivity index (χ4n) is 2.36. The first-order chi connectivity index (χ1) is 12.5. The molecule has 0 saturated carbocycles. The number of halogens is 1. The molecule has 7 nitrogen and oxygen atoms in total. The Hall–Kier alpha value is -3.00. The summed E-state index contributed by atoms with van der Waals surface area (Å²) in [4.78, 5) is 24.4. The molecule has 0 saturated heterocycles. The normalized spacial score (nSPS) is 10.4. The number of amides is 2. The quantitative estimate of drug-likeness (QED) is 0.634. The summed E-state index contributed by atoms with van der Waals surface area (Å²) in [6, 6.07) is 11.7. The van der Waals surface area contributed by atoms with E-state index in [1.165, 1.54) is 20.3 Å². The Bertz CT molecular complexity index is 983. The van der Waals surface area contributed by atoms with E-state index in [1.807, 2.05) is 18.2 Å². The summed E-state index contributed by atoms with van der Waals surface area (Å²) in [6.45, 7) is 0. The highest BCUT2D eigenvalue weighted by molar-refractivity contribution is 9.10. The van der Waals surface area contributed by atoms with Gasteiger partial charge in [-0.2, -0.15) is 0 Å². The molecule has 0 fully saturated rings. The van der Waals surface area contributed by atoms with Gasteiger partial charge in [-0.25, -0.2) is 0 Å². The van der Waals surface area contributed by atoms with E-state index in [4.69, 9.17) is 13.9 Å². The predicted octanol–water partition coefficient (Wildman–Crippen LogP) is 3.29. The molecule has 0 spiro atoms. The predicted molar refractivity (Wildman–Crippen MR) is 98.4 cm³/mol. The second-order valence-corrected chi connectivity index (χ2v) is 6.10. The summed E-state index contributed by atoms with van der Waals surface area (Å²) in [5.41, 5.74) is 5.52. The van der Waals surface area contributed by atoms with Crippen LogP contribution in [-0.2, 0) is 0 Å². The molecule has 3 aromatic rings. The van der Waals surface area contributed by atoms with Crippen molar-refractivity contribution in [3.05, 3.63) is 58.3 Å². The number of nitrogens with one attached hydrogen (secondary N) is 2. The third kappa shape index (κ3) is 3.50. The van der Waals surface area contributed by atoms with Gasteiger partial charge in [0.15, 0.2) is 17.3 Å². The van der Waals surface area contributed by atoms with E-state index in [-0.39, 0.29) is 5.76 Å². The molecule has 1 aromatic heterocycles. The van der Waals surface area contributed by atoms with Crippen LogP contribution >= 0.6 is 15.9 Å². The summed E-state index contributed by atoms with van der Waals surface area (Å²) in [5.74, 6) is -0.0763. The summed E-state index contributed by atoms with van der Waals surface area (Å²) in [5, 5.41) is 0.774. The van der Waals surface area contributed by atoms with Crippen LogP contribution in [0.1, 0.15) is 20.9 Å². The average Bonchev–Trinajstić information content (AvgIpc) is 3.11. The standard InChI is InChI=1S/C18H15BrN2O5/c1-24-13-7-6-11(9-14(13)25-2)17(22)20-21-18(23)15-8-10-4-3-5-12(19)16(10)26-15/h3-9H,1-2H3,(H,20,22)(H,21,23). The van der Waals surface area contributed by atoms with Crippen LogP contribution in [-0.4, -0.2) is 26.0 Å². The zero-order valence-corrected chi connectivity index (χ0v) is 15.5. The molecule has 2 amide bonds. The Kier molecular flexibility index (Phi) is 5.13. The second-order valence-electron chi connectivity index (χ2n) is 5.25. The molecule has 134 valence electrons. The van der Waals surface area contributed by atoms with Crippen molar-refractivity contribution in [3.8, 4) is 11.5 Å². The number of para-hydroxylation sites is 1. The maximum atomic E-state index is 12.2. The van der Waals surface area contributed by atoms with Gasteiger partial charge in [0.1, 0.15) is 5.58 Å². The van der Waals surface area contributed by atoms with Gasteiger partial charge in [-0.3, -0.25) is 20.4 Å². The molecular weight excluding hydrogens is 404 g/mol. The van der Waals surface area contributed by atoms with E-state index >= 15 is 0 Å². The number of carbonyl (C=O) groups is 2. The van der Waals surface area contributed by atoms with Gasteiger partial charge in [0, 0.05) is 10.9 Å². The number of carbonyl (C=O) groups excluding carboxylic acids is 2. The van der Waals surface area contributed by atoms with Crippen LogP contribution in [0.5, 0.6) is 11.5 Å². The first kappa shape index (κ1) is 17.8. The number of rotatable bonds is 4. The molecule has 0 aliphatic heterocycles. The monoisotopic (exact) mass is 418 g/mol. The summed E-state index contributed by atoms with van der Waals surface area (Å²) in [7, 11) is 2.98. The van der Waals surface area contributed by atoms with Crippen LogP contribution in [0.25, 0.3) is 11.0 Å². The van der Waals surface area contributed by atoms with Crippen molar-refractivity contribution in [3.63, 3.8) is 0 Å². The minimum atomic E-state index is -0.568.